The molecule has 0 aliphatic carbocycles. The van der Waals surface area contributed by atoms with Gasteiger partial charge in [-0.1, -0.05) is 26.0 Å². The number of pyridine rings is 1. The number of aliphatic carboxylic acids is 1. The predicted octanol–water partition coefficient (Wildman–Crippen LogP) is 2.78. The minimum Gasteiger partial charge on any atom is -0.480 e. The van der Waals surface area contributed by atoms with Gasteiger partial charge in [0.05, 0.1) is 12.1 Å². The van der Waals surface area contributed by atoms with Gasteiger partial charge in [0.25, 0.3) is 0 Å². The third kappa shape index (κ3) is 4.03. The number of nitrogens with zero attached hydrogens (tertiary/aromatic N) is 2. The summed E-state index contributed by atoms with van der Waals surface area (Å²) in [6, 6.07) is 10.0. The van der Waals surface area contributed by atoms with Gasteiger partial charge in [0, 0.05) is 24.7 Å². The van der Waals surface area contributed by atoms with Crippen molar-refractivity contribution in [1.29, 1.82) is 0 Å². The maximum atomic E-state index is 10.9. The number of fused-ring (bicyclic) bond motifs is 1. The molecule has 1 aromatic carbocycles. The molecule has 0 saturated carbocycles. The lowest BCUT2D eigenvalue weighted by atomic mass is 10.1. The van der Waals surface area contributed by atoms with Gasteiger partial charge >= 0.3 is 5.97 Å². The Morgan fingerprint density at radius 3 is 2.85 bits per heavy atom. The van der Waals surface area contributed by atoms with Crippen LogP contribution >= 0.6 is 0 Å². The normalized spacial score (nSPS) is 11.4. The Morgan fingerprint density at radius 2 is 2.15 bits per heavy atom. The molecule has 106 valence electrons. The van der Waals surface area contributed by atoms with E-state index in [1.165, 1.54) is 0 Å². The first kappa shape index (κ1) is 14.5. The summed E-state index contributed by atoms with van der Waals surface area (Å²) in [6.07, 6.45) is 1.78. The van der Waals surface area contributed by atoms with Crippen molar-refractivity contribution in [2.75, 3.05) is 13.1 Å². The van der Waals surface area contributed by atoms with E-state index < -0.39 is 5.97 Å². The van der Waals surface area contributed by atoms with E-state index in [2.05, 4.69) is 24.9 Å². The van der Waals surface area contributed by atoms with Gasteiger partial charge in [-0.15, -0.1) is 0 Å². The highest BCUT2D eigenvalue weighted by Crippen LogP contribution is 2.15. The molecule has 1 N–H and O–H groups in total. The number of carboxylic acid groups (broad SMARTS) is 1. The van der Waals surface area contributed by atoms with Gasteiger partial charge in [0.1, 0.15) is 0 Å². The van der Waals surface area contributed by atoms with Crippen molar-refractivity contribution in [2.24, 2.45) is 5.92 Å². The lowest BCUT2D eigenvalue weighted by Crippen LogP contribution is -2.32. The number of carboxylic acids is 1. The average molecular weight is 272 g/mol. The molecule has 4 heteroatoms. The smallest absolute Gasteiger partial charge is 0.317 e. The highest BCUT2D eigenvalue weighted by Gasteiger charge is 2.12. The summed E-state index contributed by atoms with van der Waals surface area (Å²) < 4.78 is 0. The largest absolute Gasteiger partial charge is 0.480 e. The second kappa shape index (κ2) is 6.48. The molecule has 0 unspecified atom stereocenters. The van der Waals surface area contributed by atoms with Crippen LogP contribution in [0.3, 0.4) is 0 Å². The molecule has 1 heterocycles. The van der Waals surface area contributed by atoms with Gasteiger partial charge in [0.2, 0.25) is 0 Å². The molecule has 2 rings (SSSR count). The molecule has 0 bridgehead atoms. The van der Waals surface area contributed by atoms with E-state index in [9.17, 15) is 4.79 Å². The van der Waals surface area contributed by atoms with Crippen LogP contribution < -0.4 is 0 Å². The van der Waals surface area contributed by atoms with Gasteiger partial charge in [0.15, 0.2) is 0 Å². The van der Waals surface area contributed by atoms with E-state index in [1.54, 1.807) is 6.20 Å². The lowest BCUT2D eigenvalue weighted by Gasteiger charge is -2.22. The molecule has 0 spiro atoms. The highest BCUT2D eigenvalue weighted by atomic mass is 16.4. The minimum atomic E-state index is -0.784. The van der Waals surface area contributed by atoms with Crippen LogP contribution in [0.15, 0.2) is 36.5 Å². The zero-order valence-electron chi connectivity index (χ0n) is 11.9. The van der Waals surface area contributed by atoms with Crippen LogP contribution in [-0.2, 0) is 11.3 Å². The topological polar surface area (TPSA) is 53.4 Å². The number of hydrogen-bond acceptors (Lipinski definition) is 3. The summed E-state index contributed by atoms with van der Waals surface area (Å²) in [6.45, 7) is 5.69. The molecule has 1 aromatic heterocycles. The molecular weight excluding hydrogens is 252 g/mol. The molecule has 0 amide bonds. The van der Waals surface area contributed by atoms with E-state index in [0.717, 1.165) is 23.0 Å². The molecule has 0 atom stereocenters. The van der Waals surface area contributed by atoms with Crippen LogP contribution in [-0.4, -0.2) is 34.0 Å². The van der Waals surface area contributed by atoms with Gasteiger partial charge < -0.3 is 5.11 Å². The van der Waals surface area contributed by atoms with Crippen molar-refractivity contribution >= 4 is 16.9 Å². The fourth-order valence-electron chi connectivity index (χ4n) is 2.37. The van der Waals surface area contributed by atoms with Crippen molar-refractivity contribution in [3.8, 4) is 0 Å². The molecule has 0 aliphatic rings. The summed E-state index contributed by atoms with van der Waals surface area (Å²) in [7, 11) is 0. The molecule has 0 fully saturated rings. The SMILES string of the molecule is CC(C)CN(CC(=O)O)Cc1ccc2ncccc2c1. The van der Waals surface area contributed by atoms with Gasteiger partial charge in [-0.25, -0.2) is 0 Å². The number of aromatic nitrogens is 1. The minimum absolute atomic E-state index is 0.0727. The lowest BCUT2D eigenvalue weighted by molar-refractivity contribution is -0.138. The second-order valence-electron chi connectivity index (χ2n) is 5.49. The van der Waals surface area contributed by atoms with Gasteiger partial charge in [-0.3, -0.25) is 14.7 Å². The maximum absolute atomic E-state index is 10.9. The first-order valence-electron chi connectivity index (χ1n) is 6.82. The molecule has 20 heavy (non-hydrogen) atoms. The number of benzene rings is 1. The van der Waals surface area contributed by atoms with E-state index >= 15 is 0 Å². The van der Waals surface area contributed by atoms with Crippen LogP contribution in [0, 0.1) is 5.92 Å². The van der Waals surface area contributed by atoms with Crippen molar-refractivity contribution in [3.63, 3.8) is 0 Å². The van der Waals surface area contributed by atoms with E-state index in [4.69, 9.17) is 5.11 Å². The van der Waals surface area contributed by atoms with Crippen molar-refractivity contribution in [2.45, 2.75) is 20.4 Å². The Kier molecular flexibility index (Phi) is 4.69. The van der Waals surface area contributed by atoms with Crippen molar-refractivity contribution in [3.05, 3.63) is 42.1 Å². The first-order valence-corrected chi connectivity index (χ1v) is 6.82. The third-order valence-corrected chi connectivity index (χ3v) is 3.06. The molecule has 2 aromatic rings. The van der Waals surface area contributed by atoms with Crippen LogP contribution in [0.1, 0.15) is 19.4 Å². The fraction of sp³-hybridized carbons (Fsp3) is 0.375. The third-order valence-electron chi connectivity index (χ3n) is 3.06. The molecule has 0 saturated heterocycles. The number of hydrogen-bond donors (Lipinski definition) is 1. The van der Waals surface area contributed by atoms with Gasteiger partial charge in [-0.05, 0) is 29.7 Å². The summed E-state index contributed by atoms with van der Waals surface area (Å²) in [4.78, 5) is 17.2. The molecular formula is C16H20N2O2. The van der Waals surface area contributed by atoms with E-state index in [0.29, 0.717) is 12.5 Å². The van der Waals surface area contributed by atoms with E-state index in [-0.39, 0.29) is 6.54 Å². The number of rotatable bonds is 6. The summed E-state index contributed by atoms with van der Waals surface area (Å²) >= 11 is 0. The zero-order chi connectivity index (χ0) is 14.5. The van der Waals surface area contributed by atoms with Gasteiger partial charge in [-0.2, -0.15) is 0 Å². The van der Waals surface area contributed by atoms with Crippen LogP contribution in [0.4, 0.5) is 0 Å². The zero-order valence-corrected chi connectivity index (χ0v) is 11.9. The van der Waals surface area contributed by atoms with Crippen LogP contribution in [0.5, 0.6) is 0 Å². The first-order chi connectivity index (χ1) is 9.54. The van der Waals surface area contributed by atoms with E-state index in [1.807, 2.05) is 29.2 Å². The van der Waals surface area contributed by atoms with Crippen molar-refractivity contribution < 1.29 is 9.90 Å². The Labute approximate surface area is 119 Å². The summed E-state index contributed by atoms with van der Waals surface area (Å²) in [5.74, 6) is -0.343. The Morgan fingerprint density at radius 1 is 1.35 bits per heavy atom. The Balaban J connectivity index is 2.16. The predicted molar refractivity (Wildman–Crippen MR) is 79.5 cm³/mol. The molecule has 0 aliphatic heterocycles. The summed E-state index contributed by atoms with van der Waals surface area (Å²) in [5.41, 5.74) is 2.08. The molecule has 4 nitrogen and oxygen atoms in total. The standard InChI is InChI=1S/C16H20N2O2/c1-12(2)9-18(11-16(19)20)10-13-5-6-15-14(8-13)4-3-7-17-15/h3-8,12H,9-11H2,1-2H3,(H,19,20). The van der Waals surface area contributed by atoms with Crippen molar-refractivity contribution in [1.82, 2.24) is 9.88 Å². The van der Waals surface area contributed by atoms with Crippen LogP contribution in [0.2, 0.25) is 0 Å². The molecule has 0 radical (unpaired) electrons. The quantitative estimate of drug-likeness (QED) is 0.878. The Bertz CT molecular complexity index is 596. The average Bonchev–Trinajstić information content (AvgIpc) is 2.37. The maximum Gasteiger partial charge on any atom is 0.317 e. The van der Waals surface area contributed by atoms with Crippen LogP contribution in [0.25, 0.3) is 10.9 Å². The highest BCUT2D eigenvalue weighted by molar-refractivity contribution is 5.78. The number of carbonyl (C=O) groups is 1. The monoisotopic (exact) mass is 272 g/mol. The second-order valence-corrected chi connectivity index (χ2v) is 5.49. The Hall–Kier alpha value is -1.94. The fourth-order valence-corrected chi connectivity index (χ4v) is 2.37. The summed E-state index contributed by atoms with van der Waals surface area (Å²) in [5, 5.41) is 10.1.